The minimum Gasteiger partial charge on any atom is -0.481 e. The van der Waals surface area contributed by atoms with Crippen LogP contribution in [0.5, 0.6) is 0 Å². The molecule has 1 rings (SSSR count). The molecule has 0 unspecified atom stereocenters. The predicted octanol–water partition coefficient (Wildman–Crippen LogP) is 0.915. The zero-order valence-corrected chi connectivity index (χ0v) is 11.3. The van der Waals surface area contributed by atoms with Crippen LogP contribution in [-0.2, 0) is 22.6 Å². The third-order valence-electron chi connectivity index (χ3n) is 3.02. The van der Waals surface area contributed by atoms with Crippen molar-refractivity contribution in [3.05, 3.63) is 35.4 Å². The van der Waals surface area contributed by atoms with Gasteiger partial charge in [0.25, 0.3) is 0 Å². The topological polar surface area (TPSA) is 92.4 Å². The summed E-state index contributed by atoms with van der Waals surface area (Å²) in [6, 6.07) is 7.17. The second kappa shape index (κ2) is 6.33. The van der Waals surface area contributed by atoms with Crippen LogP contribution in [0.4, 0.5) is 0 Å². The summed E-state index contributed by atoms with van der Waals surface area (Å²) in [7, 11) is 0. The number of hydrogen-bond donors (Lipinski definition) is 3. The summed E-state index contributed by atoms with van der Waals surface area (Å²) >= 11 is 0. The second-order valence-corrected chi connectivity index (χ2v) is 5.11. The minimum atomic E-state index is -0.888. The van der Waals surface area contributed by atoms with Gasteiger partial charge in [0.15, 0.2) is 0 Å². The minimum absolute atomic E-state index is 0.0493. The van der Waals surface area contributed by atoms with E-state index in [0.29, 0.717) is 12.1 Å². The largest absolute Gasteiger partial charge is 0.481 e. The van der Waals surface area contributed by atoms with Crippen LogP contribution in [0.2, 0.25) is 0 Å². The van der Waals surface area contributed by atoms with Crippen LogP contribution in [0.1, 0.15) is 25.0 Å². The summed E-state index contributed by atoms with van der Waals surface area (Å²) in [5.41, 5.74) is 6.43. The Kier molecular flexibility index (Phi) is 5.06. The highest BCUT2D eigenvalue weighted by Crippen LogP contribution is 2.14. The van der Waals surface area contributed by atoms with E-state index in [1.54, 1.807) is 26.0 Å². The summed E-state index contributed by atoms with van der Waals surface area (Å²) in [5.74, 6) is -1.03. The average molecular weight is 264 g/mol. The number of aliphatic carboxylic acids is 1. The van der Waals surface area contributed by atoms with Gasteiger partial charge < -0.3 is 16.2 Å². The molecule has 1 aromatic rings. The Morgan fingerprint density at radius 1 is 1.26 bits per heavy atom. The fraction of sp³-hybridized carbons (Fsp3) is 0.429. The van der Waals surface area contributed by atoms with Crippen LogP contribution in [-0.4, -0.2) is 23.5 Å². The van der Waals surface area contributed by atoms with E-state index in [2.05, 4.69) is 5.32 Å². The van der Waals surface area contributed by atoms with Crippen molar-refractivity contribution in [3.63, 3.8) is 0 Å². The molecule has 5 heteroatoms. The molecule has 0 fully saturated rings. The van der Waals surface area contributed by atoms with Gasteiger partial charge in [0.2, 0.25) is 5.91 Å². The standard InChI is InChI=1S/C14H20N2O3/c1-14(2,9-15)13(19)16-8-11-6-4-3-5-10(11)7-12(17)18/h3-6H,7-9,15H2,1-2H3,(H,16,19)(H,17,18). The lowest BCUT2D eigenvalue weighted by atomic mass is 9.92. The van der Waals surface area contributed by atoms with Gasteiger partial charge in [-0.3, -0.25) is 9.59 Å². The Morgan fingerprint density at radius 2 is 1.84 bits per heavy atom. The fourth-order valence-corrected chi connectivity index (χ4v) is 1.57. The Labute approximate surface area is 112 Å². The summed E-state index contributed by atoms with van der Waals surface area (Å²) in [6.07, 6.45) is -0.0493. The molecule has 1 aromatic carbocycles. The van der Waals surface area contributed by atoms with Gasteiger partial charge in [-0.15, -0.1) is 0 Å². The van der Waals surface area contributed by atoms with E-state index in [4.69, 9.17) is 10.8 Å². The van der Waals surface area contributed by atoms with Crippen molar-refractivity contribution in [2.24, 2.45) is 11.1 Å². The Hall–Kier alpha value is -1.88. The Balaban J connectivity index is 2.73. The van der Waals surface area contributed by atoms with E-state index < -0.39 is 11.4 Å². The van der Waals surface area contributed by atoms with Gasteiger partial charge in [-0.2, -0.15) is 0 Å². The van der Waals surface area contributed by atoms with E-state index in [0.717, 1.165) is 5.56 Å². The first kappa shape index (κ1) is 15.2. The number of carbonyl (C=O) groups excluding carboxylic acids is 1. The SMILES string of the molecule is CC(C)(CN)C(=O)NCc1ccccc1CC(=O)O. The van der Waals surface area contributed by atoms with Crippen molar-refractivity contribution in [1.82, 2.24) is 5.32 Å². The number of amides is 1. The summed E-state index contributed by atoms with van der Waals surface area (Å²) in [6.45, 7) is 4.11. The molecule has 19 heavy (non-hydrogen) atoms. The predicted molar refractivity (Wildman–Crippen MR) is 72.5 cm³/mol. The molecule has 1 amide bonds. The molecule has 0 spiro atoms. The third kappa shape index (κ3) is 4.37. The van der Waals surface area contributed by atoms with Crippen molar-refractivity contribution in [1.29, 1.82) is 0 Å². The first-order valence-corrected chi connectivity index (χ1v) is 6.14. The zero-order chi connectivity index (χ0) is 14.5. The fourth-order valence-electron chi connectivity index (χ4n) is 1.57. The smallest absolute Gasteiger partial charge is 0.307 e. The number of rotatable bonds is 6. The molecule has 0 bridgehead atoms. The van der Waals surface area contributed by atoms with Gasteiger partial charge in [0, 0.05) is 13.1 Å². The maximum absolute atomic E-state index is 11.9. The normalized spacial score (nSPS) is 11.1. The lowest BCUT2D eigenvalue weighted by Gasteiger charge is -2.21. The third-order valence-corrected chi connectivity index (χ3v) is 3.02. The van der Waals surface area contributed by atoms with Crippen LogP contribution in [0.25, 0.3) is 0 Å². The average Bonchev–Trinajstić information content (AvgIpc) is 2.36. The van der Waals surface area contributed by atoms with Gasteiger partial charge in [-0.25, -0.2) is 0 Å². The molecule has 5 nitrogen and oxygen atoms in total. The number of benzene rings is 1. The van der Waals surface area contributed by atoms with Crippen molar-refractivity contribution < 1.29 is 14.7 Å². The molecule has 0 atom stereocenters. The van der Waals surface area contributed by atoms with Gasteiger partial charge in [0.1, 0.15) is 0 Å². The number of carboxylic acids is 1. The van der Waals surface area contributed by atoms with Gasteiger partial charge >= 0.3 is 5.97 Å². The molecule has 0 aliphatic heterocycles. The summed E-state index contributed by atoms with van der Waals surface area (Å²) in [4.78, 5) is 22.7. The first-order valence-electron chi connectivity index (χ1n) is 6.14. The van der Waals surface area contributed by atoms with Crippen molar-refractivity contribution in [3.8, 4) is 0 Å². The van der Waals surface area contributed by atoms with E-state index in [9.17, 15) is 9.59 Å². The Bertz CT molecular complexity index is 470. The van der Waals surface area contributed by atoms with E-state index in [1.807, 2.05) is 12.1 Å². The number of carboxylic acid groups (broad SMARTS) is 1. The first-order chi connectivity index (χ1) is 8.86. The number of carbonyl (C=O) groups is 2. The molecule has 104 valence electrons. The van der Waals surface area contributed by atoms with Crippen LogP contribution in [0, 0.1) is 5.41 Å². The zero-order valence-electron chi connectivity index (χ0n) is 11.3. The quantitative estimate of drug-likeness (QED) is 0.712. The van der Waals surface area contributed by atoms with Crippen molar-refractivity contribution in [2.75, 3.05) is 6.54 Å². The molecule has 0 aliphatic carbocycles. The molecule has 0 heterocycles. The molecule has 0 aromatic heterocycles. The highest BCUT2D eigenvalue weighted by molar-refractivity contribution is 5.82. The molecular formula is C14H20N2O3. The molecule has 4 N–H and O–H groups in total. The second-order valence-electron chi connectivity index (χ2n) is 5.11. The van der Waals surface area contributed by atoms with Gasteiger partial charge in [0.05, 0.1) is 11.8 Å². The molecule has 0 aliphatic rings. The number of hydrogen-bond acceptors (Lipinski definition) is 3. The molecule has 0 radical (unpaired) electrons. The van der Waals surface area contributed by atoms with Crippen molar-refractivity contribution in [2.45, 2.75) is 26.8 Å². The van der Waals surface area contributed by atoms with Gasteiger partial charge in [-0.1, -0.05) is 24.3 Å². The van der Waals surface area contributed by atoms with Crippen molar-refractivity contribution >= 4 is 11.9 Å². The van der Waals surface area contributed by atoms with Crippen LogP contribution >= 0.6 is 0 Å². The molecule has 0 saturated heterocycles. The molecular weight excluding hydrogens is 244 g/mol. The van der Waals surface area contributed by atoms with E-state index in [1.165, 1.54) is 0 Å². The number of nitrogens with one attached hydrogen (secondary N) is 1. The Morgan fingerprint density at radius 3 is 2.37 bits per heavy atom. The van der Waals surface area contributed by atoms with E-state index >= 15 is 0 Å². The van der Waals surface area contributed by atoms with Crippen LogP contribution < -0.4 is 11.1 Å². The van der Waals surface area contributed by atoms with Gasteiger partial charge in [-0.05, 0) is 25.0 Å². The number of nitrogens with two attached hydrogens (primary N) is 1. The highest BCUT2D eigenvalue weighted by Gasteiger charge is 2.25. The molecule has 0 saturated carbocycles. The monoisotopic (exact) mass is 264 g/mol. The summed E-state index contributed by atoms with van der Waals surface area (Å²) in [5, 5.41) is 11.6. The lowest BCUT2D eigenvalue weighted by molar-refractivity contribution is -0.136. The van der Waals surface area contributed by atoms with Crippen LogP contribution in [0.15, 0.2) is 24.3 Å². The maximum atomic E-state index is 11.9. The van der Waals surface area contributed by atoms with Crippen LogP contribution in [0.3, 0.4) is 0 Å². The van der Waals surface area contributed by atoms with E-state index in [-0.39, 0.29) is 18.9 Å². The maximum Gasteiger partial charge on any atom is 0.307 e. The lowest BCUT2D eigenvalue weighted by Crippen LogP contribution is -2.41. The summed E-state index contributed by atoms with van der Waals surface area (Å²) < 4.78 is 0. The highest BCUT2D eigenvalue weighted by atomic mass is 16.4.